The predicted octanol–water partition coefficient (Wildman–Crippen LogP) is 1.33. The summed E-state index contributed by atoms with van der Waals surface area (Å²) >= 11 is 3.59. The molecule has 0 radical (unpaired) electrons. The van der Waals surface area contributed by atoms with Gasteiger partial charge in [0.1, 0.15) is 6.04 Å². The highest BCUT2D eigenvalue weighted by molar-refractivity contribution is 9.10. The van der Waals surface area contributed by atoms with Crippen LogP contribution in [0.3, 0.4) is 0 Å². The number of hydrogen-bond donors (Lipinski definition) is 1. The smallest absolute Gasteiger partial charge is 0.322 e. The van der Waals surface area contributed by atoms with Gasteiger partial charge in [-0.2, -0.15) is 0 Å². The number of benzene rings is 1. The van der Waals surface area contributed by atoms with E-state index in [9.17, 15) is 4.79 Å². The first-order chi connectivity index (χ1) is 9.61. The number of carbonyl (C=O) groups excluding carboxylic acids is 1. The van der Waals surface area contributed by atoms with E-state index in [0.717, 1.165) is 42.0 Å². The van der Waals surface area contributed by atoms with Gasteiger partial charge < -0.3 is 20.1 Å². The third kappa shape index (κ3) is 3.71. The first-order valence-corrected chi connectivity index (χ1v) is 7.35. The Labute approximate surface area is 127 Å². The highest BCUT2D eigenvalue weighted by Gasteiger charge is 2.17. The van der Waals surface area contributed by atoms with Crippen LogP contribution >= 0.6 is 15.9 Å². The van der Waals surface area contributed by atoms with E-state index >= 15 is 0 Å². The van der Waals surface area contributed by atoms with E-state index in [2.05, 4.69) is 31.6 Å². The molecule has 0 aliphatic carbocycles. The molecule has 0 bridgehead atoms. The maximum absolute atomic E-state index is 11.3. The van der Waals surface area contributed by atoms with Gasteiger partial charge in [0.2, 0.25) is 0 Å². The van der Waals surface area contributed by atoms with E-state index in [-0.39, 0.29) is 0 Å². The minimum absolute atomic E-state index is 0.390. The van der Waals surface area contributed by atoms with Gasteiger partial charge in [0.15, 0.2) is 0 Å². The standard InChI is InChI=1S/C14H19BrN2O3/c1-19-14(18)12(16)9-10-2-3-13(11(15)8-10)17-4-6-20-7-5-17/h2-3,8,12H,4-7,9,16H2,1H3. The Morgan fingerprint density at radius 3 is 2.80 bits per heavy atom. The molecule has 1 aromatic rings. The number of methoxy groups -OCH3 is 1. The first kappa shape index (κ1) is 15.3. The van der Waals surface area contributed by atoms with E-state index < -0.39 is 12.0 Å². The number of nitrogens with zero attached hydrogens (tertiary/aromatic N) is 1. The van der Waals surface area contributed by atoms with Crippen LogP contribution in [-0.4, -0.2) is 45.4 Å². The normalized spacial score (nSPS) is 16.9. The molecule has 1 aliphatic rings. The zero-order chi connectivity index (χ0) is 14.5. The lowest BCUT2D eigenvalue weighted by Crippen LogP contribution is -2.36. The average Bonchev–Trinajstić information content (AvgIpc) is 2.47. The lowest BCUT2D eigenvalue weighted by atomic mass is 10.1. The minimum Gasteiger partial charge on any atom is -0.468 e. The van der Waals surface area contributed by atoms with Crippen molar-refractivity contribution in [3.8, 4) is 0 Å². The van der Waals surface area contributed by atoms with Crippen molar-refractivity contribution >= 4 is 27.6 Å². The number of rotatable bonds is 4. The molecule has 1 saturated heterocycles. The van der Waals surface area contributed by atoms with Crippen molar-refractivity contribution in [3.05, 3.63) is 28.2 Å². The van der Waals surface area contributed by atoms with Gasteiger partial charge in [-0.05, 0) is 40.0 Å². The fourth-order valence-electron chi connectivity index (χ4n) is 2.23. The molecule has 6 heteroatoms. The van der Waals surface area contributed by atoms with Crippen LogP contribution in [0.1, 0.15) is 5.56 Å². The summed E-state index contributed by atoms with van der Waals surface area (Å²) in [6.45, 7) is 3.28. The molecule has 2 N–H and O–H groups in total. The summed E-state index contributed by atoms with van der Waals surface area (Å²) in [7, 11) is 1.35. The van der Waals surface area contributed by atoms with Gasteiger partial charge in [-0.1, -0.05) is 6.07 Å². The second-order valence-electron chi connectivity index (χ2n) is 4.72. The molecule has 110 valence electrons. The molecular formula is C14H19BrN2O3. The summed E-state index contributed by atoms with van der Waals surface area (Å²) in [5, 5.41) is 0. The summed E-state index contributed by atoms with van der Waals surface area (Å²) in [4.78, 5) is 13.6. The molecule has 0 amide bonds. The summed E-state index contributed by atoms with van der Waals surface area (Å²) in [6, 6.07) is 5.43. The fraction of sp³-hybridized carbons (Fsp3) is 0.500. The Kier molecular flexibility index (Phi) is 5.39. The van der Waals surface area contributed by atoms with Gasteiger partial charge in [-0.15, -0.1) is 0 Å². The number of esters is 1. The van der Waals surface area contributed by atoms with Gasteiger partial charge in [0, 0.05) is 17.6 Å². The first-order valence-electron chi connectivity index (χ1n) is 6.56. The molecule has 1 aromatic carbocycles. The van der Waals surface area contributed by atoms with Crippen LogP contribution in [0.15, 0.2) is 22.7 Å². The fourth-order valence-corrected chi connectivity index (χ4v) is 2.90. The summed E-state index contributed by atoms with van der Waals surface area (Å²) in [5.74, 6) is -0.390. The van der Waals surface area contributed by atoms with E-state index in [4.69, 9.17) is 10.5 Å². The van der Waals surface area contributed by atoms with Crippen molar-refractivity contribution in [2.24, 2.45) is 5.73 Å². The van der Waals surface area contributed by atoms with Gasteiger partial charge in [0.25, 0.3) is 0 Å². The van der Waals surface area contributed by atoms with Crippen LogP contribution in [0.25, 0.3) is 0 Å². The number of ether oxygens (including phenoxy) is 2. The number of anilines is 1. The van der Waals surface area contributed by atoms with E-state index in [1.165, 1.54) is 7.11 Å². The largest absolute Gasteiger partial charge is 0.468 e. The summed E-state index contributed by atoms with van der Waals surface area (Å²) in [6.07, 6.45) is 0.467. The van der Waals surface area contributed by atoms with E-state index in [0.29, 0.717) is 6.42 Å². The molecular weight excluding hydrogens is 324 g/mol. The molecule has 1 atom stereocenters. The van der Waals surface area contributed by atoms with Crippen LogP contribution in [0.4, 0.5) is 5.69 Å². The molecule has 1 heterocycles. The highest BCUT2D eigenvalue weighted by Crippen LogP contribution is 2.28. The molecule has 1 unspecified atom stereocenters. The SMILES string of the molecule is COC(=O)C(N)Cc1ccc(N2CCOCC2)c(Br)c1. The van der Waals surface area contributed by atoms with Gasteiger partial charge in [0.05, 0.1) is 26.0 Å². The Morgan fingerprint density at radius 1 is 1.50 bits per heavy atom. The third-order valence-corrected chi connectivity index (χ3v) is 3.96. The molecule has 0 spiro atoms. The quantitative estimate of drug-likeness (QED) is 0.836. The molecule has 2 rings (SSSR count). The van der Waals surface area contributed by atoms with Gasteiger partial charge in [-0.25, -0.2) is 0 Å². The Morgan fingerprint density at radius 2 is 2.20 bits per heavy atom. The van der Waals surface area contributed by atoms with Gasteiger partial charge in [-0.3, -0.25) is 4.79 Å². The number of halogens is 1. The van der Waals surface area contributed by atoms with Crippen molar-refractivity contribution < 1.29 is 14.3 Å². The number of morpholine rings is 1. The van der Waals surface area contributed by atoms with E-state index in [1.807, 2.05) is 12.1 Å². The molecule has 20 heavy (non-hydrogen) atoms. The van der Waals surface area contributed by atoms with Crippen molar-refractivity contribution in [1.29, 1.82) is 0 Å². The Hall–Kier alpha value is -1.11. The zero-order valence-corrected chi connectivity index (χ0v) is 13.1. The van der Waals surface area contributed by atoms with Crippen molar-refractivity contribution in [2.45, 2.75) is 12.5 Å². The number of nitrogens with two attached hydrogens (primary N) is 1. The predicted molar refractivity (Wildman–Crippen MR) is 80.9 cm³/mol. The molecule has 0 aromatic heterocycles. The van der Waals surface area contributed by atoms with Crippen LogP contribution < -0.4 is 10.6 Å². The average molecular weight is 343 g/mol. The van der Waals surface area contributed by atoms with Crippen LogP contribution in [0.2, 0.25) is 0 Å². The topological polar surface area (TPSA) is 64.8 Å². The molecule has 5 nitrogen and oxygen atoms in total. The number of carbonyl (C=O) groups is 1. The van der Waals surface area contributed by atoms with Crippen LogP contribution in [0.5, 0.6) is 0 Å². The van der Waals surface area contributed by atoms with Crippen LogP contribution in [0, 0.1) is 0 Å². The summed E-state index contributed by atoms with van der Waals surface area (Å²) in [5.41, 5.74) is 7.92. The molecule has 1 aliphatic heterocycles. The van der Waals surface area contributed by atoms with Gasteiger partial charge >= 0.3 is 5.97 Å². The second-order valence-corrected chi connectivity index (χ2v) is 5.57. The summed E-state index contributed by atoms with van der Waals surface area (Å²) < 4.78 is 11.0. The molecule has 1 fully saturated rings. The second kappa shape index (κ2) is 7.06. The van der Waals surface area contributed by atoms with Crippen molar-refractivity contribution in [1.82, 2.24) is 0 Å². The maximum Gasteiger partial charge on any atom is 0.322 e. The maximum atomic E-state index is 11.3. The molecule has 0 saturated carbocycles. The Balaban J connectivity index is 2.07. The monoisotopic (exact) mass is 342 g/mol. The van der Waals surface area contributed by atoms with Crippen molar-refractivity contribution in [2.75, 3.05) is 38.3 Å². The lowest BCUT2D eigenvalue weighted by Gasteiger charge is -2.30. The van der Waals surface area contributed by atoms with E-state index in [1.54, 1.807) is 0 Å². The zero-order valence-electron chi connectivity index (χ0n) is 11.5. The lowest BCUT2D eigenvalue weighted by molar-refractivity contribution is -0.142. The minimum atomic E-state index is -0.624. The number of hydrogen-bond acceptors (Lipinski definition) is 5. The highest BCUT2D eigenvalue weighted by atomic mass is 79.9. The third-order valence-electron chi connectivity index (χ3n) is 3.32. The Bertz CT molecular complexity index is 475. The van der Waals surface area contributed by atoms with Crippen LogP contribution in [-0.2, 0) is 20.7 Å². The van der Waals surface area contributed by atoms with Crippen molar-refractivity contribution in [3.63, 3.8) is 0 Å².